The summed E-state index contributed by atoms with van der Waals surface area (Å²) in [6.45, 7) is 16.5. The van der Waals surface area contributed by atoms with Crippen molar-refractivity contribution in [3.8, 4) is 11.1 Å². The molecule has 0 heterocycles. The zero-order valence-corrected chi connectivity index (χ0v) is 20.9. The second-order valence-corrected chi connectivity index (χ2v) is 9.59. The highest BCUT2D eigenvalue weighted by molar-refractivity contribution is 5.77. The van der Waals surface area contributed by atoms with E-state index in [1.807, 2.05) is 25.1 Å². The van der Waals surface area contributed by atoms with Crippen LogP contribution in [0.5, 0.6) is 0 Å². The molecule has 0 aliphatic rings. The van der Waals surface area contributed by atoms with E-state index in [0.717, 1.165) is 23.1 Å². The van der Waals surface area contributed by atoms with E-state index < -0.39 is 11.7 Å². The maximum Gasteiger partial charge on any atom is 0.221 e. The first-order valence-corrected chi connectivity index (χ1v) is 11.3. The molecule has 5 heteroatoms. The third-order valence-corrected chi connectivity index (χ3v) is 5.46. The number of benzene rings is 2. The summed E-state index contributed by atoms with van der Waals surface area (Å²) in [5.41, 5.74) is 9.41. The second kappa shape index (κ2) is 11.8. The largest absolute Gasteiger partial charge is 0.489 e. The van der Waals surface area contributed by atoms with E-state index in [4.69, 9.17) is 15.2 Å². The number of primary amides is 1. The molecule has 0 saturated heterocycles. The third kappa shape index (κ3) is 7.42. The predicted octanol–water partition coefficient (Wildman–Crippen LogP) is 6.81. The molecule has 1 atom stereocenters. The number of hydrogen-bond acceptors (Lipinski definition) is 3. The van der Waals surface area contributed by atoms with Gasteiger partial charge < -0.3 is 15.2 Å². The molecule has 0 saturated carbocycles. The minimum Gasteiger partial charge on any atom is -0.489 e. The first kappa shape index (κ1) is 27.1. The quantitative estimate of drug-likeness (QED) is 0.293. The summed E-state index contributed by atoms with van der Waals surface area (Å²) in [6, 6.07) is 10.7. The molecule has 2 aromatic rings. The van der Waals surface area contributed by atoms with Gasteiger partial charge >= 0.3 is 0 Å². The SMILES string of the molecule is C=C/C(CC(C)(C)C)=C(\C=C)OCc1cc(-c2cccc(CC(N)=O)c2F)cc(C(C)OC)c1. The normalized spacial score (nSPS) is 13.1. The van der Waals surface area contributed by atoms with E-state index >= 15 is 4.39 Å². The molecule has 2 rings (SSSR count). The zero-order valence-electron chi connectivity index (χ0n) is 20.9. The number of carbonyl (C=O) groups is 1. The maximum atomic E-state index is 15.2. The van der Waals surface area contributed by atoms with Crippen molar-refractivity contribution in [2.75, 3.05) is 7.11 Å². The molecule has 0 radical (unpaired) electrons. The minimum absolute atomic E-state index is 0.0651. The van der Waals surface area contributed by atoms with E-state index in [0.29, 0.717) is 16.9 Å². The van der Waals surface area contributed by atoms with Crippen LogP contribution < -0.4 is 5.73 Å². The van der Waals surface area contributed by atoms with Crippen LogP contribution in [0, 0.1) is 11.2 Å². The van der Waals surface area contributed by atoms with Gasteiger partial charge in [0.15, 0.2) is 0 Å². The molecular formula is C29H36FNO3. The number of allylic oxidation sites excluding steroid dienone is 3. The van der Waals surface area contributed by atoms with Crippen molar-refractivity contribution >= 4 is 5.91 Å². The van der Waals surface area contributed by atoms with Crippen LogP contribution in [0.4, 0.5) is 4.39 Å². The van der Waals surface area contributed by atoms with Gasteiger partial charge in [-0.3, -0.25) is 4.79 Å². The molecule has 0 aliphatic heterocycles. The Bertz CT molecular complexity index is 1080. The monoisotopic (exact) mass is 465 g/mol. The first-order chi connectivity index (χ1) is 16.0. The fourth-order valence-corrected chi connectivity index (χ4v) is 3.73. The minimum atomic E-state index is -0.580. The van der Waals surface area contributed by atoms with Crippen LogP contribution in [0.1, 0.15) is 56.9 Å². The van der Waals surface area contributed by atoms with Gasteiger partial charge in [-0.05, 0) is 70.9 Å². The average Bonchev–Trinajstić information content (AvgIpc) is 2.78. The van der Waals surface area contributed by atoms with Crippen molar-refractivity contribution in [1.29, 1.82) is 0 Å². The fourth-order valence-electron chi connectivity index (χ4n) is 3.73. The Morgan fingerprint density at radius 2 is 1.88 bits per heavy atom. The average molecular weight is 466 g/mol. The van der Waals surface area contributed by atoms with E-state index in [9.17, 15) is 4.79 Å². The van der Waals surface area contributed by atoms with Gasteiger partial charge in [0, 0.05) is 12.7 Å². The van der Waals surface area contributed by atoms with Crippen LogP contribution >= 0.6 is 0 Å². The van der Waals surface area contributed by atoms with E-state index in [1.54, 1.807) is 37.5 Å². The Morgan fingerprint density at radius 1 is 1.18 bits per heavy atom. The van der Waals surface area contributed by atoms with E-state index in [1.165, 1.54) is 0 Å². The highest BCUT2D eigenvalue weighted by Gasteiger charge is 2.17. The number of halogens is 1. The van der Waals surface area contributed by atoms with Crippen molar-refractivity contribution in [3.63, 3.8) is 0 Å². The molecule has 1 unspecified atom stereocenters. The number of nitrogens with two attached hydrogens (primary N) is 1. The maximum absolute atomic E-state index is 15.2. The molecule has 0 spiro atoms. The van der Waals surface area contributed by atoms with Crippen LogP contribution in [-0.2, 0) is 27.3 Å². The molecule has 0 aromatic heterocycles. The van der Waals surface area contributed by atoms with Gasteiger partial charge in [0.05, 0.1) is 12.5 Å². The molecule has 1 amide bonds. The number of amides is 1. The molecule has 2 aromatic carbocycles. The topological polar surface area (TPSA) is 61.5 Å². The number of rotatable bonds is 11. The van der Waals surface area contributed by atoms with Crippen LogP contribution in [0.25, 0.3) is 11.1 Å². The summed E-state index contributed by atoms with van der Waals surface area (Å²) < 4.78 is 26.9. The Morgan fingerprint density at radius 3 is 2.44 bits per heavy atom. The van der Waals surface area contributed by atoms with Crippen molar-refractivity contribution in [2.45, 2.75) is 53.2 Å². The lowest BCUT2D eigenvalue weighted by Gasteiger charge is -2.21. The Hall–Kier alpha value is -3.18. The van der Waals surface area contributed by atoms with Gasteiger partial charge in [-0.15, -0.1) is 0 Å². The lowest BCUT2D eigenvalue weighted by atomic mass is 9.87. The summed E-state index contributed by atoms with van der Waals surface area (Å²) >= 11 is 0. The Balaban J connectivity index is 2.49. The molecule has 0 fully saturated rings. The zero-order chi connectivity index (χ0) is 25.5. The summed E-state index contributed by atoms with van der Waals surface area (Å²) in [5, 5.41) is 0. The van der Waals surface area contributed by atoms with E-state index in [2.05, 4.69) is 33.9 Å². The molecule has 182 valence electrons. The van der Waals surface area contributed by atoms with Crippen molar-refractivity contribution in [1.82, 2.24) is 0 Å². The molecular weight excluding hydrogens is 429 g/mol. The smallest absolute Gasteiger partial charge is 0.221 e. The van der Waals surface area contributed by atoms with Gasteiger partial charge in [0.25, 0.3) is 0 Å². The fraction of sp³-hybridized carbons (Fsp3) is 0.345. The lowest BCUT2D eigenvalue weighted by Crippen LogP contribution is -2.14. The summed E-state index contributed by atoms with van der Waals surface area (Å²) in [4.78, 5) is 11.4. The van der Waals surface area contributed by atoms with Crippen LogP contribution in [0.3, 0.4) is 0 Å². The highest BCUT2D eigenvalue weighted by atomic mass is 19.1. The summed E-state index contributed by atoms with van der Waals surface area (Å²) in [5.74, 6) is -0.364. The number of methoxy groups -OCH3 is 1. The Labute approximate surface area is 203 Å². The Kier molecular flexibility index (Phi) is 9.39. The number of hydrogen-bond donors (Lipinski definition) is 1. The van der Waals surface area contributed by atoms with Crippen LogP contribution in [-0.4, -0.2) is 13.0 Å². The van der Waals surface area contributed by atoms with Crippen LogP contribution in [0.2, 0.25) is 0 Å². The number of carbonyl (C=O) groups excluding carboxylic acids is 1. The molecule has 0 bridgehead atoms. The van der Waals surface area contributed by atoms with Gasteiger partial charge in [0.1, 0.15) is 18.2 Å². The van der Waals surface area contributed by atoms with Crippen molar-refractivity contribution in [2.24, 2.45) is 11.1 Å². The third-order valence-electron chi connectivity index (χ3n) is 5.46. The summed E-state index contributed by atoms with van der Waals surface area (Å²) in [6.07, 6.45) is 3.93. The van der Waals surface area contributed by atoms with Gasteiger partial charge in [-0.1, -0.05) is 58.2 Å². The van der Waals surface area contributed by atoms with Gasteiger partial charge in [0.2, 0.25) is 5.91 Å². The molecule has 34 heavy (non-hydrogen) atoms. The predicted molar refractivity (Wildman–Crippen MR) is 136 cm³/mol. The van der Waals surface area contributed by atoms with Gasteiger partial charge in [-0.2, -0.15) is 0 Å². The highest BCUT2D eigenvalue weighted by Crippen LogP contribution is 2.31. The lowest BCUT2D eigenvalue weighted by molar-refractivity contribution is -0.117. The van der Waals surface area contributed by atoms with E-state index in [-0.39, 0.29) is 30.1 Å². The summed E-state index contributed by atoms with van der Waals surface area (Å²) in [7, 11) is 1.63. The first-order valence-electron chi connectivity index (χ1n) is 11.3. The molecule has 0 aliphatic carbocycles. The molecule has 2 N–H and O–H groups in total. The standard InChI is InChI=1S/C29H36FNO3/c1-8-21(17-29(4,5)6)26(9-2)34-18-20-13-23(19(3)33-7)15-24(14-20)25-12-10-11-22(28(25)30)16-27(31)32/h8-15,19H,1-2,16-18H2,3-7H3,(H2,31,32)/b26-21-. The van der Waals surface area contributed by atoms with Crippen LogP contribution in [0.15, 0.2) is 73.0 Å². The van der Waals surface area contributed by atoms with Crippen molar-refractivity contribution in [3.05, 3.63) is 95.5 Å². The number of ether oxygens (including phenoxy) is 2. The van der Waals surface area contributed by atoms with Gasteiger partial charge in [-0.25, -0.2) is 4.39 Å². The molecule has 4 nitrogen and oxygen atoms in total. The van der Waals surface area contributed by atoms with Crippen molar-refractivity contribution < 1.29 is 18.7 Å². The second-order valence-electron chi connectivity index (χ2n) is 9.59.